The van der Waals surface area contributed by atoms with E-state index in [0.717, 1.165) is 18.4 Å². The fourth-order valence-electron chi connectivity index (χ4n) is 3.52. The molecule has 2 heterocycles. The van der Waals surface area contributed by atoms with E-state index in [2.05, 4.69) is 10.2 Å². The second-order valence-corrected chi connectivity index (χ2v) is 9.53. The van der Waals surface area contributed by atoms with E-state index in [1.807, 2.05) is 4.90 Å². The highest BCUT2D eigenvalue weighted by molar-refractivity contribution is 6.76. The summed E-state index contributed by atoms with van der Waals surface area (Å²) >= 11 is 16.5. The number of carbonyl (C=O) groups is 2. The third-order valence-electron chi connectivity index (χ3n) is 5.25. The van der Waals surface area contributed by atoms with E-state index in [4.69, 9.17) is 46.1 Å². The number of benzene rings is 1. The number of hydrogen-bond donors (Lipinski definition) is 1. The van der Waals surface area contributed by atoms with E-state index in [1.54, 1.807) is 19.1 Å². The molecule has 31 heavy (non-hydrogen) atoms. The Balaban J connectivity index is 1.63. The summed E-state index contributed by atoms with van der Waals surface area (Å²) in [5.41, 5.74) is 2.61. The molecule has 0 radical (unpaired) electrons. The first kappa shape index (κ1) is 23.5. The molecule has 1 atom stereocenters. The van der Waals surface area contributed by atoms with E-state index in [1.165, 1.54) is 11.0 Å². The van der Waals surface area contributed by atoms with E-state index in [0.29, 0.717) is 30.2 Å². The zero-order valence-electron chi connectivity index (χ0n) is 16.6. The largest absolute Gasteiger partial charge is 0.442 e. The third-order valence-corrected chi connectivity index (χ3v) is 5.77. The molecule has 2 aliphatic heterocycles. The Kier molecular flexibility index (Phi) is 7.20. The van der Waals surface area contributed by atoms with Crippen LogP contribution in [-0.2, 0) is 9.53 Å². The number of halogens is 4. The molecule has 2 amide bonds. The van der Waals surface area contributed by atoms with Crippen molar-refractivity contribution in [2.45, 2.75) is 29.7 Å². The lowest BCUT2D eigenvalue weighted by Crippen LogP contribution is -2.40. The Morgan fingerprint density at radius 1 is 1.35 bits per heavy atom. The van der Waals surface area contributed by atoms with Crippen LogP contribution in [0.3, 0.4) is 0 Å². The molecule has 2 fully saturated rings. The maximum Gasteiger partial charge on any atom is 0.414 e. The predicted molar refractivity (Wildman–Crippen MR) is 118 cm³/mol. The molecule has 1 aromatic rings. The van der Waals surface area contributed by atoms with Gasteiger partial charge >= 0.3 is 6.09 Å². The number of carbonyl (C=O) groups excluding carboxylic acids is 2. The number of cyclic esters (lactones) is 1. The Labute approximate surface area is 194 Å². The van der Waals surface area contributed by atoms with Gasteiger partial charge in [-0.1, -0.05) is 40.4 Å². The summed E-state index contributed by atoms with van der Waals surface area (Å²) in [6, 6.07) is 4.57. The summed E-state index contributed by atoms with van der Waals surface area (Å²) in [5.74, 6) is -1.28. The Morgan fingerprint density at radius 3 is 2.61 bits per heavy atom. The molecular formula is C20H20Cl3FN4O3. The molecule has 2 saturated heterocycles. The van der Waals surface area contributed by atoms with Crippen LogP contribution < -0.4 is 15.1 Å². The first-order valence-corrected chi connectivity index (χ1v) is 10.7. The van der Waals surface area contributed by atoms with E-state index in [-0.39, 0.29) is 13.1 Å². The minimum absolute atomic E-state index is 0.0385. The number of anilines is 2. The molecule has 1 aromatic carbocycles. The molecule has 2 aliphatic rings. The average molecular weight is 490 g/mol. The SMILES string of the molecule is [C-]#[N+]C(C)=C1CCN(c2ccc(N3C[C@H](CNC(=O)C(Cl)(Cl)Cl)OC3=O)cc2F)CC1. The predicted octanol–water partition coefficient (Wildman–Crippen LogP) is 4.43. The first-order chi connectivity index (χ1) is 14.6. The van der Waals surface area contributed by atoms with Gasteiger partial charge in [0.05, 0.1) is 31.0 Å². The van der Waals surface area contributed by atoms with Crippen molar-refractivity contribution in [3.8, 4) is 0 Å². The number of amides is 2. The molecule has 0 aliphatic carbocycles. The molecule has 0 spiro atoms. The highest BCUT2D eigenvalue weighted by Crippen LogP contribution is 2.31. The first-order valence-electron chi connectivity index (χ1n) is 9.54. The smallest absolute Gasteiger partial charge is 0.414 e. The van der Waals surface area contributed by atoms with Crippen LogP contribution in [0.5, 0.6) is 0 Å². The van der Waals surface area contributed by atoms with Crippen molar-refractivity contribution in [3.05, 3.63) is 46.7 Å². The highest BCUT2D eigenvalue weighted by atomic mass is 35.6. The van der Waals surface area contributed by atoms with Gasteiger partial charge in [0.1, 0.15) is 11.9 Å². The van der Waals surface area contributed by atoms with Crippen LogP contribution in [0.4, 0.5) is 20.6 Å². The molecule has 166 valence electrons. The van der Waals surface area contributed by atoms with E-state index in [9.17, 15) is 14.0 Å². The van der Waals surface area contributed by atoms with Crippen molar-refractivity contribution in [1.82, 2.24) is 5.32 Å². The van der Waals surface area contributed by atoms with Crippen molar-refractivity contribution >= 4 is 58.2 Å². The average Bonchev–Trinajstić information content (AvgIpc) is 3.11. The second-order valence-electron chi connectivity index (χ2n) is 7.25. The standard InChI is InChI=1S/C20H20Cl3FN4O3/c1-12(25-2)13-5-7-27(8-6-13)17-4-3-14(9-16(17)24)28-11-15(31-19(28)30)10-26-18(29)20(21,22)23/h3-4,9,15H,5-8,10-11H2,1H3,(H,26,29)/t15-/m0/s1. The van der Waals surface area contributed by atoms with Gasteiger partial charge in [-0.15, -0.1) is 0 Å². The number of ether oxygens (including phenoxy) is 1. The summed E-state index contributed by atoms with van der Waals surface area (Å²) in [4.78, 5) is 30.5. The number of allylic oxidation sites excluding steroid dienone is 1. The number of nitrogens with one attached hydrogen (secondary N) is 1. The lowest BCUT2D eigenvalue weighted by Gasteiger charge is -2.31. The number of piperidine rings is 1. The zero-order valence-corrected chi connectivity index (χ0v) is 18.9. The molecule has 7 nitrogen and oxygen atoms in total. The van der Waals surface area contributed by atoms with Crippen LogP contribution in [0.15, 0.2) is 29.5 Å². The molecule has 1 N–H and O–H groups in total. The minimum Gasteiger partial charge on any atom is -0.442 e. The Morgan fingerprint density at radius 2 is 2.03 bits per heavy atom. The summed E-state index contributed by atoms with van der Waals surface area (Å²) in [6.07, 6.45) is 0.123. The van der Waals surface area contributed by atoms with Crippen LogP contribution >= 0.6 is 34.8 Å². The Bertz CT molecular complexity index is 948. The fourth-order valence-corrected chi connectivity index (χ4v) is 3.72. The third kappa shape index (κ3) is 5.53. The second kappa shape index (κ2) is 9.51. The normalized spacial score (nSPS) is 19.2. The van der Waals surface area contributed by atoms with E-state index < -0.39 is 27.7 Å². The van der Waals surface area contributed by atoms with Crippen LogP contribution in [0.2, 0.25) is 0 Å². The molecule has 0 aromatic heterocycles. The topological polar surface area (TPSA) is 66.2 Å². The van der Waals surface area contributed by atoms with Gasteiger partial charge in [-0.2, -0.15) is 0 Å². The lowest BCUT2D eigenvalue weighted by molar-refractivity contribution is -0.120. The number of hydrogen-bond acceptors (Lipinski definition) is 4. The van der Waals surface area contributed by atoms with Crippen LogP contribution in [0.25, 0.3) is 4.85 Å². The maximum absolute atomic E-state index is 14.8. The van der Waals surface area contributed by atoms with Gasteiger partial charge in [0, 0.05) is 13.1 Å². The van der Waals surface area contributed by atoms with E-state index >= 15 is 0 Å². The van der Waals surface area contributed by atoms with Crippen LogP contribution in [0.1, 0.15) is 19.8 Å². The fraction of sp³-hybridized carbons (Fsp3) is 0.450. The van der Waals surface area contributed by atoms with Gasteiger partial charge in [-0.05, 0) is 38.0 Å². The lowest BCUT2D eigenvalue weighted by atomic mass is 10.0. The summed E-state index contributed by atoms with van der Waals surface area (Å²) < 4.78 is 17.9. The highest BCUT2D eigenvalue weighted by Gasteiger charge is 2.35. The van der Waals surface area contributed by atoms with Gasteiger partial charge in [-0.3, -0.25) is 9.69 Å². The van der Waals surface area contributed by atoms with Crippen LogP contribution in [0, 0.1) is 12.4 Å². The Hall–Kier alpha value is -2.21. The van der Waals surface area contributed by atoms with Crippen LogP contribution in [-0.4, -0.2) is 48.1 Å². The van der Waals surface area contributed by atoms with Crippen molar-refractivity contribution in [2.24, 2.45) is 0 Å². The van der Waals surface area contributed by atoms with Crippen molar-refractivity contribution in [3.63, 3.8) is 0 Å². The van der Waals surface area contributed by atoms with Gasteiger partial charge in [-0.25, -0.2) is 14.0 Å². The molecule has 0 saturated carbocycles. The quantitative estimate of drug-likeness (QED) is 0.502. The summed E-state index contributed by atoms with van der Waals surface area (Å²) in [5, 5.41) is 2.39. The van der Waals surface area contributed by atoms with Gasteiger partial charge < -0.3 is 15.0 Å². The molecule has 11 heteroatoms. The van der Waals surface area contributed by atoms with Crippen molar-refractivity contribution in [2.75, 3.05) is 36.0 Å². The minimum atomic E-state index is -2.11. The molecular weight excluding hydrogens is 470 g/mol. The summed E-state index contributed by atoms with van der Waals surface area (Å²) in [6.45, 7) is 10.2. The molecule has 0 unspecified atom stereocenters. The van der Waals surface area contributed by atoms with Crippen molar-refractivity contribution < 1.29 is 18.7 Å². The number of nitrogens with zero attached hydrogens (tertiary/aromatic N) is 3. The van der Waals surface area contributed by atoms with Gasteiger partial charge in [0.2, 0.25) is 0 Å². The monoisotopic (exact) mass is 488 g/mol. The van der Waals surface area contributed by atoms with Gasteiger partial charge in [0.25, 0.3) is 9.70 Å². The number of rotatable bonds is 4. The number of alkyl halides is 3. The van der Waals surface area contributed by atoms with Crippen molar-refractivity contribution in [1.29, 1.82) is 0 Å². The molecule has 0 bridgehead atoms. The summed E-state index contributed by atoms with van der Waals surface area (Å²) in [7, 11) is 0. The zero-order chi connectivity index (χ0) is 22.8. The molecule has 3 rings (SSSR count). The van der Waals surface area contributed by atoms with Gasteiger partial charge in [0.15, 0.2) is 5.70 Å². The maximum atomic E-state index is 14.8.